The van der Waals surface area contributed by atoms with Gasteiger partial charge in [-0.15, -0.1) is 0 Å². The van der Waals surface area contributed by atoms with Crippen molar-refractivity contribution >= 4 is 10.1 Å². The van der Waals surface area contributed by atoms with Gasteiger partial charge < -0.3 is 14.2 Å². The fraction of sp³-hybridized carbons (Fsp3) is 0.455. The molecule has 2 aromatic carbocycles. The maximum Gasteiger partial charge on any atom is 0.264 e. The molecule has 0 bridgehead atoms. The molecule has 4 rings (SSSR count). The second-order valence-corrected chi connectivity index (χ2v) is 9.14. The highest BCUT2D eigenvalue weighted by atomic mass is 32.2. The molecule has 1 aliphatic heterocycles. The van der Waals surface area contributed by atoms with Crippen LogP contribution in [-0.2, 0) is 30.1 Å². The maximum atomic E-state index is 10.9. The van der Waals surface area contributed by atoms with Gasteiger partial charge in [-0.05, 0) is 25.7 Å². The van der Waals surface area contributed by atoms with Gasteiger partial charge in [-0.25, -0.2) is 0 Å². The molecule has 3 atom stereocenters. The van der Waals surface area contributed by atoms with Crippen molar-refractivity contribution in [3.63, 3.8) is 0 Å². The van der Waals surface area contributed by atoms with Crippen LogP contribution >= 0.6 is 0 Å². The minimum Gasteiger partial charge on any atom is -0.375 e. The van der Waals surface area contributed by atoms with E-state index in [0.29, 0.717) is 0 Å². The number of hydrogen-bond acceptors (Lipinski definition) is 5. The van der Waals surface area contributed by atoms with Crippen molar-refractivity contribution in [3.05, 3.63) is 71.8 Å². The molecule has 6 nitrogen and oxygen atoms in total. The molecule has 1 saturated carbocycles. The Morgan fingerprint density at radius 2 is 1.59 bits per heavy atom. The molecule has 2 aromatic rings. The van der Waals surface area contributed by atoms with Gasteiger partial charge >= 0.3 is 0 Å². The van der Waals surface area contributed by atoms with Gasteiger partial charge in [0.2, 0.25) is 5.79 Å². The lowest BCUT2D eigenvalue weighted by Gasteiger charge is -2.31. The van der Waals surface area contributed by atoms with Gasteiger partial charge in [0.25, 0.3) is 10.1 Å². The van der Waals surface area contributed by atoms with E-state index in [1.807, 2.05) is 60.7 Å². The monoisotopic (exact) mass is 418 g/mol. The molecule has 0 aromatic heterocycles. The second-order valence-electron chi connectivity index (χ2n) is 7.57. The lowest BCUT2D eigenvalue weighted by atomic mass is 9.92. The Balaban J connectivity index is 1.56. The lowest BCUT2D eigenvalue weighted by molar-refractivity contribution is -0.161. The zero-order valence-corrected chi connectivity index (χ0v) is 17.0. The van der Waals surface area contributed by atoms with Crippen molar-refractivity contribution in [1.29, 1.82) is 0 Å². The Morgan fingerprint density at radius 1 is 0.966 bits per heavy atom. The fourth-order valence-electron chi connectivity index (χ4n) is 4.21. The molecule has 3 unspecified atom stereocenters. The van der Waals surface area contributed by atoms with Crippen LogP contribution in [0.2, 0.25) is 0 Å². The highest BCUT2D eigenvalue weighted by Crippen LogP contribution is 2.47. The molecular formula is C22H26O6S. The molecule has 156 valence electrons. The number of fused-ring (bicyclic) bond motifs is 1. The van der Waals surface area contributed by atoms with Gasteiger partial charge in [-0.3, -0.25) is 4.55 Å². The minimum atomic E-state index is -3.97. The van der Waals surface area contributed by atoms with Gasteiger partial charge in [0.05, 0.1) is 18.0 Å². The second kappa shape index (κ2) is 8.53. The van der Waals surface area contributed by atoms with E-state index in [9.17, 15) is 8.42 Å². The van der Waals surface area contributed by atoms with Crippen LogP contribution in [0.1, 0.15) is 36.8 Å². The highest BCUT2D eigenvalue weighted by Gasteiger charge is 2.53. The molecule has 1 N–H and O–H groups in total. The van der Waals surface area contributed by atoms with Gasteiger partial charge in [0.1, 0.15) is 6.10 Å². The van der Waals surface area contributed by atoms with Crippen molar-refractivity contribution in [2.45, 2.75) is 49.8 Å². The van der Waals surface area contributed by atoms with Gasteiger partial charge in [0, 0.05) is 17.7 Å². The smallest absolute Gasteiger partial charge is 0.264 e. The number of benzene rings is 2. The van der Waals surface area contributed by atoms with E-state index >= 15 is 0 Å². The summed E-state index contributed by atoms with van der Waals surface area (Å²) in [6, 6.07) is 19.8. The van der Waals surface area contributed by atoms with Crippen molar-refractivity contribution < 1.29 is 27.2 Å². The van der Waals surface area contributed by atoms with E-state index < -0.39 is 15.9 Å². The molecule has 0 radical (unpaired) electrons. The molecule has 0 spiro atoms. The summed E-state index contributed by atoms with van der Waals surface area (Å²) in [4.78, 5) is 0. The molecule has 7 heteroatoms. The first-order valence-electron chi connectivity index (χ1n) is 10.0. The van der Waals surface area contributed by atoms with Gasteiger partial charge in [-0.2, -0.15) is 8.42 Å². The largest absolute Gasteiger partial charge is 0.375 e. The Morgan fingerprint density at radius 3 is 2.17 bits per heavy atom. The highest BCUT2D eigenvalue weighted by molar-refractivity contribution is 7.85. The summed E-state index contributed by atoms with van der Waals surface area (Å²) < 4.78 is 49.9. The summed E-state index contributed by atoms with van der Waals surface area (Å²) in [5, 5.41) is 0. The van der Waals surface area contributed by atoms with E-state index in [4.69, 9.17) is 18.8 Å². The van der Waals surface area contributed by atoms with Crippen LogP contribution in [-0.4, -0.2) is 43.6 Å². The molecule has 1 aliphatic carbocycles. The third kappa shape index (κ3) is 4.54. The van der Waals surface area contributed by atoms with Crippen LogP contribution in [0, 0.1) is 0 Å². The Kier molecular flexibility index (Phi) is 6.03. The molecule has 2 fully saturated rings. The Labute approximate surface area is 171 Å². The van der Waals surface area contributed by atoms with E-state index in [2.05, 4.69) is 0 Å². The summed E-state index contributed by atoms with van der Waals surface area (Å²) in [6.45, 7) is 0.251. The number of hydrogen-bond donors (Lipinski definition) is 1. The predicted molar refractivity (Wildman–Crippen MR) is 108 cm³/mol. The predicted octanol–water partition coefficient (Wildman–Crippen LogP) is 3.52. The summed E-state index contributed by atoms with van der Waals surface area (Å²) in [5.74, 6) is -1.29. The molecule has 29 heavy (non-hydrogen) atoms. The first kappa shape index (κ1) is 20.5. The third-order valence-corrected chi connectivity index (χ3v) is 6.32. The van der Waals surface area contributed by atoms with Crippen LogP contribution in [0.3, 0.4) is 0 Å². The average Bonchev–Trinajstić information content (AvgIpc) is 3.13. The van der Waals surface area contributed by atoms with Crippen molar-refractivity contribution in [3.8, 4) is 0 Å². The summed E-state index contributed by atoms with van der Waals surface area (Å²) in [6.07, 6.45) is 2.39. The molecule has 1 saturated heterocycles. The van der Waals surface area contributed by atoms with Gasteiger partial charge in [0.15, 0.2) is 0 Å². The van der Waals surface area contributed by atoms with Crippen molar-refractivity contribution in [2.24, 2.45) is 0 Å². The van der Waals surface area contributed by atoms with Crippen LogP contribution in [0.25, 0.3) is 0 Å². The summed E-state index contributed by atoms with van der Waals surface area (Å²) in [5.41, 5.74) is 1.87. The van der Waals surface area contributed by atoms with Crippen molar-refractivity contribution in [1.82, 2.24) is 0 Å². The number of ether oxygens (including phenoxy) is 3. The van der Waals surface area contributed by atoms with Crippen LogP contribution < -0.4 is 0 Å². The zero-order chi connectivity index (χ0) is 20.3. The normalized spacial score (nSPS) is 26.2. The Hall–Kier alpha value is -1.77. The molecular weight excluding hydrogens is 392 g/mol. The lowest BCUT2D eigenvalue weighted by Crippen LogP contribution is -2.41. The van der Waals surface area contributed by atoms with Crippen molar-refractivity contribution in [2.75, 3.05) is 12.4 Å². The molecule has 2 aliphatic rings. The first-order valence-corrected chi connectivity index (χ1v) is 11.6. The fourth-order valence-corrected chi connectivity index (χ4v) is 4.69. The summed E-state index contributed by atoms with van der Waals surface area (Å²) in [7, 11) is -3.97. The summed E-state index contributed by atoms with van der Waals surface area (Å²) >= 11 is 0. The molecule has 0 amide bonds. The van der Waals surface area contributed by atoms with E-state index in [-0.39, 0.29) is 37.1 Å². The van der Waals surface area contributed by atoms with E-state index in [0.717, 1.165) is 30.4 Å². The van der Waals surface area contributed by atoms with Crippen LogP contribution in [0.4, 0.5) is 0 Å². The average molecular weight is 419 g/mol. The Bertz CT molecular complexity index is 860. The quantitative estimate of drug-likeness (QED) is 0.547. The number of rotatable bonds is 7. The molecule has 1 heterocycles. The van der Waals surface area contributed by atoms with Gasteiger partial charge in [-0.1, -0.05) is 60.7 Å². The minimum absolute atomic E-state index is 0.101. The SMILES string of the molecule is O=S(=O)(O)CCCOC1CCCC2OC(c3ccccc3)(c3ccccc3)OC12. The van der Waals surface area contributed by atoms with E-state index in [1.165, 1.54) is 0 Å². The first-order chi connectivity index (χ1) is 14.0. The van der Waals surface area contributed by atoms with Crippen LogP contribution in [0.15, 0.2) is 60.7 Å². The third-order valence-electron chi connectivity index (χ3n) is 5.52. The topological polar surface area (TPSA) is 82.1 Å². The zero-order valence-electron chi connectivity index (χ0n) is 16.1. The van der Waals surface area contributed by atoms with Crippen LogP contribution in [0.5, 0.6) is 0 Å². The van der Waals surface area contributed by atoms with E-state index in [1.54, 1.807) is 0 Å². The standard InChI is InChI=1S/C22H26O6S/c23-29(24,25)16-8-15-26-19-13-7-14-20-21(19)28-22(27-20,17-9-3-1-4-10-17)18-11-5-2-6-12-18/h1-6,9-12,19-21H,7-8,13-16H2,(H,23,24,25). The maximum absolute atomic E-state index is 10.9.